The summed E-state index contributed by atoms with van der Waals surface area (Å²) >= 11 is 1.88. The molecule has 3 atom stereocenters. The Kier molecular flexibility index (Phi) is 5.86. The molecule has 3 heteroatoms. The second-order valence-electron chi connectivity index (χ2n) is 5.84. The molecule has 0 saturated heterocycles. The van der Waals surface area contributed by atoms with E-state index in [1.54, 1.807) is 0 Å². The normalized spacial score (nSPS) is 25.7. The van der Waals surface area contributed by atoms with Crippen LogP contribution in [-0.4, -0.2) is 31.1 Å². The fourth-order valence-corrected chi connectivity index (χ4v) is 4.08. The maximum atomic E-state index is 3.69. The summed E-state index contributed by atoms with van der Waals surface area (Å²) in [6, 6.07) is 5.70. The average Bonchev–Trinajstić information content (AvgIpc) is 2.94. The van der Waals surface area contributed by atoms with E-state index in [2.05, 4.69) is 48.6 Å². The van der Waals surface area contributed by atoms with Crippen molar-refractivity contribution < 1.29 is 0 Å². The van der Waals surface area contributed by atoms with Crippen molar-refractivity contribution in [2.24, 2.45) is 5.92 Å². The lowest BCUT2D eigenvalue weighted by Gasteiger charge is -2.36. The zero-order valence-corrected chi connectivity index (χ0v) is 13.4. The highest BCUT2D eigenvalue weighted by atomic mass is 32.1. The molecule has 1 aromatic heterocycles. The molecule has 2 nitrogen and oxygen atoms in total. The quantitative estimate of drug-likeness (QED) is 0.850. The standard InChI is InChI=1S/C16H28N2S/c1-4-17-15-9-6-5-8-14(15)12-18(3)13(2)16-10-7-11-19-16/h7,10-11,13-15,17H,4-6,8-9,12H2,1-3H3. The summed E-state index contributed by atoms with van der Waals surface area (Å²) in [5.74, 6) is 0.820. The van der Waals surface area contributed by atoms with E-state index in [9.17, 15) is 0 Å². The van der Waals surface area contributed by atoms with Crippen LogP contribution >= 0.6 is 11.3 Å². The minimum Gasteiger partial charge on any atom is -0.314 e. The molecule has 0 radical (unpaired) electrons. The maximum absolute atomic E-state index is 3.69. The van der Waals surface area contributed by atoms with Crippen LogP contribution in [0.3, 0.4) is 0 Å². The Morgan fingerprint density at radius 3 is 2.89 bits per heavy atom. The molecule has 1 aromatic rings. The van der Waals surface area contributed by atoms with E-state index in [4.69, 9.17) is 0 Å². The highest BCUT2D eigenvalue weighted by Crippen LogP contribution is 2.29. The van der Waals surface area contributed by atoms with E-state index in [-0.39, 0.29) is 0 Å². The third-order valence-corrected chi connectivity index (χ3v) is 5.56. The Morgan fingerprint density at radius 2 is 2.21 bits per heavy atom. The Labute approximate surface area is 122 Å². The highest BCUT2D eigenvalue weighted by Gasteiger charge is 2.26. The second kappa shape index (κ2) is 7.41. The molecule has 1 saturated carbocycles. The minimum atomic E-state index is 0.546. The maximum Gasteiger partial charge on any atom is 0.0410 e. The van der Waals surface area contributed by atoms with Gasteiger partial charge in [-0.1, -0.05) is 25.8 Å². The Balaban J connectivity index is 1.91. The Morgan fingerprint density at radius 1 is 1.42 bits per heavy atom. The van der Waals surface area contributed by atoms with Gasteiger partial charge >= 0.3 is 0 Å². The van der Waals surface area contributed by atoms with Crippen LogP contribution in [0.5, 0.6) is 0 Å². The molecular formula is C16H28N2S. The van der Waals surface area contributed by atoms with Gasteiger partial charge in [-0.25, -0.2) is 0 Å². The van der Waals surface area contributed by atoms with E-state index < -0.39 is 0 Å². The number of thiophene rings is 1. The van der Waals surface area contributed by atoms with Crippen LogP contribution in [0.1, 0.15) is 50.4 Å². The van der Waals surface area contributed by atoms with Crippen LogP contribution in [0.4, 0.5) is 0 Å². The molecule has 2 rings (SSSR count). The van der Waals surface area contributed by atoms with Gasteiger partial charge in [0.25, 0.3) is 0 Å². The molecular weight excluding hydrogens is 252 g/mol. The van der Waals surface area contributed by atoms with Crippen LogP contribution in [0.2, 0.25) is 0 Å². The summed E-state index contributed by atoms with van der Waals surface area (Å²) in [7, 11) is 2.28. The summed E-state index contributed by atoms with van der Waals surface area (Å²) in [6.45, 7) is 6.88. The highest BCUT2D eigenvalue weighted by molar-refractivity contribution is 7.10. The smallest absolute Gasteiger partial charge is 0.0410 e. The number of rotatable bonds is 6. The fraction of sp³-hybridized carbons (Fsp3) is 0.750. The molecule has 0 amide bonds. The van der Waals surface area contributed by atoms with Gasteiger partial charge in [0.1, 0.15) is 0 Å². The fourth-order valence-electron chi connectivity index (χ4n) is 3.23. The predicted molar refractivity (Wildman–Crippen MR) is 84.8 cm³/mol. The van der Waals surface area contributed by atoms with Crippen LogP contribution in [0.15, 0.2) is 17.5 Å². The number of hydrogen-bond acceptors (Lipinski definition) is 3. The lowest BCUT2D eigenvalue weighted by atomic mass is 9.84. The minimum absolute atomic E-state index is 0.546. The van der Waals surface area contributed by atoms with E-state index in [1.165, 1.54) is 37.1 Å². The SMILES string of the molecule is CCNC1CCCCC1CN(C)C(C)c1cccs1. The summed E-state index contributed by atoms with van der Waals surface area (Å²) in [5.41, 5.74) is 0. The topological polar surface area (TPSA) is 15.3 Å². The van der Waals surface area contributed by atoms with Gasteiger partial charge in [0, 0.05) is 23.5 Å². The van der Waals surface area contributed by atoms with Gasteiger partial charge in [0.2, 0.25) is 0 Å². The summed E-state index contributed by atoms with van der Waals surface area (Å²) < 4.78 is 0. The van der Waals surface area contributed by atoms with Gasteiger partial charge in [-0.05, 0) is 50.7 Å². The van der Waals surface area contributed by atoms with Crippen molar-refractivity contribution in [3.05, 3.63) is 22.4 Å². The van der Waals surface area contributed by atoms with Gasteiger partial charge in [0.15, 0.2) is 0 Å². The molecule has 0 aromatic carbocycles. The average molecular weight is 280 g/mol. The van der Waals surface area contributed by atoms with Crippen molar-refractivity contribution in [2.75, 3.05) is 20.1 Å². The molecule has 1 aliphatic rings. The molecule has 0 spiro atoms. The summed E-state index contributed by atoms with van der Waals surface area (Å²) in [6.07, 6.45) is 5.56. The first-order chi connectivity index (χ1) is 9.22. The van der Waals surface area contributed by atoms with Gasteiger partial charge < -0.3 is 5.32 Å². The number of nitrogens with zero attached hydrogens (tertiary/aromatic N) is 1. The van der Waals surface area contributed by atoms with E-state index >= 15 is 0 Å². The van der Waals surface area contributed by atoms with Crippen molar-refractivity contribution in [3.63, 3.8) is 0 Å². The zero-order valence-electron chi connectivity index (χ0n) is 12.6. The van der Waals surface area contributed by atoms with E-state index in [1.807, 2.05) is 11.3 Å². The predicted octanol–water partition coefficient (Wildman–Crippen LogP) is 3.91. The molecule has 1 fully saturated rings. The number of nitrogens with one attached hydrogen (secondary N) is 1. The van der Waals surface area contributed by atoms with Crippen LogP contribution in [0, 0.1) is 5.92 Å². The molecule has 19 heavy (non-hydrogen) atoms. The third-order valence-electron chi connectivity index (χ3n) is 4.51. The monoisotopic (exact) mass is 280 g/mol. The van der Waals surface area contributed by atoms with Crippen molar-refractivity contribution in [3.8, 4) is 0 Å². The molecule has 1 aliphatic carbocycles. The van der Waals surface area contributed by atoms with Crippen molar-refractivity contribution in [1.82, 2.24) is 10.2 Å². The lowest BCUT2D eigenvalue weighted by Crippen LogP contribution is -2.43. The first kappa shape index (κ1) is 15.0. The van der Waals surface area contributed by atoms with Gasteiger partial charge in [0.05, 0.1) is 0 Å². The molecule has 1 heterocycles. The van der Waals surface area contributed by atoms with Crippen LogP contribution in [-0.2, 0) is 0 Å². The Hall–Kier alpha value is -0.380. The van der Waals surface area contributed by atoms with E-state index in [0.717, 1.165) is 18.5 Å². The summed E-state index contributed by atoms with van der Waals surface area (Å²) in [5, 5.41) is 5.87. The molecule has 3 unspecified atom stereocenters. The van der Waals surface area contributed by atoms with Crippen molar-refractivity contribution in [2.45, 2.75) is 51.6 Å². The van der Waals surface area contributed by atoms with Crippen molar-refractivity contribution in [1.29, 1.82) is 0 Å². The second-order valence-corrected chi connectivity index (χ2v) is 6.82. The lowest BCUT2D eigenvalue weighted by molar-refractivity contribution is 0.163. The van der Waals surface area contributed by atoms with Gasteiger partial charge in [-0.2, -0.15) is 0 Å². The van der Waals surface area contributed by atoms with Crippen LogP contribution in [0.25, 0.3) is 0 Å². The zero-order chi connectivity index (χ0) is 13.7. The molecule has 1 N–H and O–H groups in total. The van der Waals surface area contributed by atoms with E-state index in [0.29, 0.717) is 6.04 Å². The van der Waals surface area contributed by atoms with Crippen LogP contribution < -0.4 is 5.32 Å². The Bertz CT molecular complexity index is 348. The largest absolute Gasteiger partial charge is 0.314 e. The molecule has 108 valence electrons. The van der Waals surface area contributed by atoms with Gasteiger partial charge in [-0.15, -0.1) is 11.3 Å². The van der Waals surface area contributed by atoms with Crippen molar-refractivity contribution >= 4 is 11.3 Å². The number of hydrogen-bond donors (Lipinski definition) is 1. The first-order valence-electron chi connectivity index (χ1n) is 7.69. The first-order valence-corrected chi connectivity index (χ1v) is 8.57. The molecule has 0 bridgehead atoms. The third kappa shape index (κ3) is 4.04. The summed E-state index contributed by atoms with van der Waals surface area (Å²) in [4.78, 5) is 4.02. The molecule has 0 aliphatic heterocycles. The van der Waals surface area contributed by atoms with Gasteiger partial charge in [-0.3, -0.25) is 4.90 Å².